The Hall–Kier alpha value is -2.49. The van der Waals surface area contributed by atoms with E-state index in [9.17, 15) is 4.79 Å². The second-order valence-electron chi connectivity index (χ2n) is 7.97. The van der Waals surface area contributed by atoms with E-state index >= 15 is 0 Å². The number of anilines is 2. The molecule has 1 fully saturated rings. The third kappa shape index (κ3) is 5.23. The largest absolute Gasteiger partial charge is 0.379 e. The molecule has 1 aromatic carbocycles. The number of amides is 1. The molecule has 31 heavy (non-hydrogen) atoms. The van der Waals surface area contributed by atoms with Crippen LogP contribution < -0.4 is 16.0 Å². The first-order chi connectivity index (χ1) is 15.0. The molecule has 0 unspecified atom stereocenters. The molecule has 1 amide bonds. The van der Waals surface area contributed by atoms with E-state index in [-0.39, 0.29) is 5.91 Å². The number of piperidine rings is 1. The smallest absolute Gasteiger partial charge is 0.225 e. The van der Waals surface area contributed by atoms with Crippen molar-refractivity contribution < 1.29 is 4.79 Å². The third-order valence-corrected chi connectivity index (χ3v) is 6.19. The number of nitrogens with one attached hydrogen (secondary N) is 4. The molecule has 0 saturated carbocycles. The number of halogens is 1. The zero-order valence-electron chi connectivity index (χ0n) is 17.8. The summed E-state index contributed by atoms with van der Waals surface area (Å²) in [7, 11) is 3.99. The van der Waals surface area contributed by atoms with E-state index in [4.69, 9.17) is 0 Å². The maximum absolute atomic E-state index is 11.9. The number of rotatable bonds is 7. The van der Waals surface area contributed by atoms with Crippen LogP contribution >= 0.6 is 15.9 Å². The van der Waals surface area contributed by atoms with Crippen LogP contribution in [0, 0.1) is 0 Å². The maximum atomic E-state index is 11.9. The summed E-state index contributed by atoms with van der Waals surface area (Å²) in [5, 5.41) is 9.57. The molecule has 0 spiro atoms. The standard InChI is InChI=1S/C22H28BrN7O/c1-24-10-7-18(31)26-15-5-3-14(4-6-15)21-28-20-19(17(23)13-25-22(20)29-21)27-16-8-11-30(2)12-9-16/h3-6,13,16,24H,7-12H2,1-2H3,(H,26,31)(H2,25,27,28,29). The monoisotopic (exact) mass is 485 g/mol. The fraction of sp³-hybridized carbons (Fsp3) is 0.409. The van der Waals surface area contributed by atoms with E-state index in [0.29, 0.717) is 24.7 Å². The molecule has 1 aliphatic heterocycles. The van der Waals surface area contributed by atoms with Crippen molar-refractivity contribution in [2.45, 2.75) is 25.3 Å². The number of likely N-dealkylation sites (tertiary alicyclic amines) is 1. The van der Waals surface area contributed by atoms with E-state index in [1.165, 1.54) is 0 Å². The predicted octanol–water partition coefficient (Wildman–Crippen LogP) is 3.44. The number of carbonyl (C=O) groups excluding carboxylic acids is 1. The van der Waals surface area contributed by atoms with Crippen LogP contribution in [0.15, 0.2) is 34.9 Å². The first kappa shape index (κ1) is 21.7. The van der Waals surface area contributed by atoms with Gasteiger partial charge in [0.1, 0.15) is 11.3 Å². The molecule has 1 aliphatic rings. The Morgan fingerprint density at radius 1 is 1.26 bits per heavy atom. The molecule has 0 radical (unpaired) electrons. The van der Waals surface area contributed by atoms with Gasteiger partial charge in [-0.3, -0.25) is 4.79 Å². The summed E-state index contributed by atoms with van der Waals surface area (Å²) in [4.78, 5) is 26.9. The van der Waals surface area contributed by atoms with E-state index in [1.807, 2.05) is 31.3 Å². The number of fused-ring (bicyclic) bond motifs is 1. The second-order valence-corrected chi connectivity index (χ2v) is 8.82. The van der Waals surface area contributed by atoms with Crippen LogP contribution in [0.2, 0.25) is 0 Å². The molecule has 2 aromatic heterocycles. The van der Waals surface area contributed by atoms with Gasteiger partial charge in [-0.1, -0.05) is 0 Å². The van der Waals surface area contributed by atoms with E-state index in [2.05, 4.69) is 58.8 Å². The van der Waals surface area contributed by atoms with Crippen molar-refractivity contribution in [3.8, 4) is 11.4 Å². The van der Waals surface area contributed by atoms with Gasteiger partial charge in [0.05, 0.1) is 10.2 Å². The van der Waals surface area contributed by atoms with Crippen LogP contribution in [0.25, 0.3) is 22.6 Å². The lowest BCUT2D eigenvalue weighted by atomic mass is 10.1. The van der Waals surface area contributed by atoms with Crippen LogP contribution in [0.4, 0.5) is 11.4 Å². The van der Waals surface area contributed by atoms with Crippen molar-refractivity contribution >= 4 is 44.4 Å². The molecule has 0 atom stereocenters. The van der Waals surface area contributed by atoms with Gasteiger partial charge in [-0.15, -0.1) is 0 Å². The van der Waals surface area contributed by atoms with Crippen LogP contribution in [-0.2, 0) is 4.79 Å². The number of aromatic amines is 1. The number of nitrogens with zero attached hydrogens (tertiary/aromatic N) is 3. The van der Waals surface area contributed by atoms with Gasteiger partial charge in [0.2, 0.25) is 5.91 Å². The van der Waals surface area contributed by atoms with Crippen LogP contribution in [0.1, 0.15) is 19.3 Å². The fourth-order valence-corrected chi connectivity index (χ4v) is 4.16. The lowest BCUT2D eigenvalue weighted by molar-refractivity contribution is -0.116. The first-order valence-corrected chi connectivity index (χ1v) is 11.4. The van der Waals surface area contributed by atoms with Crippen molar-refractivity contribution in [1.29, 1.82) is 0 Å². The summed E-state index contributed by atoms with van der Waals surface area (Å²) in [6.07, 6.45) is 4.45. The SMILES string of the molecule is CNCCC(=O)Nc1ccc(-c2nc3ncc(Br)c(NC4CCN(C)CC4)c3[nH]2)cc1. The Kier molecular flexibility index (Phi) is 6.84. The number of hydrogen-bond acceptors (Lipinski definition) is 6. The molecule has 8 nitrogen and oxygen atoms in total. The number of imidazole rings is 1. The highest BCUT2D eigenvalue weighted by Crippen LogP contribution is 2.32. The molecule has 0 bridgehead atoms. The van der Waals surface area contributed by atoms with Gasteiger partial charge >= 0.3 is 0 Å². The molecule has 4 N–H and O–H groups in total. The van der Waals surface area contributed by atoms with Crippen molar-refractivity contribution in [3.05, 3.63) is 34.9 Å². The first-order valence-electron chi connectivity index (χ1n) is 10.6. The highest BCUT2D eigenvalue weighted by molar-refractivity contribution is 9.10. The van der Waals surface area contributed by atoms with Gasteiger partial charge in [0.15, 0.2) is 5.65 Å². The zero-order chi connectivity index (χ0) is 21.8. The molecule has 0 aliphatic carbocycles. The number of H-pyrrole nitrogens is 1. The number of aromatic nitrogens is 3. The molecule has 3 aromatic rings. The van der Waals surface area contributed by atoms with Gasteiger partial charge in [0, 0.05) is 36.5 Å². The van der Waals surface area contributed by atoms with Crippen LogP contribution in [-0.4, -0.2) is 65.5 Å². The number of carbonyl (C=O) groups is 1. The van der Waals surface area contributed by atoms with E-state index in [1.54, 1.807) is 6.20 Å². The second kappa shape index (κ2) is 9.76. The summed E-state index contributed by atoms with van der Waals surface area (Å²) in [5.41, 5.74) is 4.29. The Bertz CT molecular complexity index is 1040. The quantitative estimate of drug-likeness (QED) is 0.409. The lowest BCUT2D eigenvalue weighted by Gasteiger charge is -2.30. The molecular formula is C22H28BrN7O. The summed E-state index contributed by atoms with van der Waals surface area (Å²) >= 11 is 3.64. The Morgan fingerprint density at radius 2 is 2.00 bits per heavy atom. The molecule has 3 heterocycles. The molecule has 1 saturated heterocycles. The molecular weight excluding hydrogens is 458 g/mol. The van der Waals surface area contributed by atoms with Gasteiger partial charge in [0.25, 0.3) is 0 Å². The van der Waals surface area contributed by atoms with Gasteiger partial charge in [-0.05, 0) is 80.2 Å². The van der Waals surface area contributed by atoms with Gasteiger partial charge < -0.3 is 25.8 Å². The van der Waals surface area contributed by atoms with E-state index in [0.717, 1.165) is 58.7 Å². The number of pyridine rings is 1. The van der Waals surface area contributed by atoms with Crippen molar-refractivity contribution in [1.82, 2.24) is 25.2 Å². The highest BCUT2D eigenvalue weighted by Gasteiger charge is 2.20. The maximum Gasteiger partial charge on any atom is 0.225 e. The van der Waals surface area contributed by atoms with E-state index < -0.39 is 0 Å². The van der Waals surface area contributed by atoms with Gasteiger partial charge in [-0.2, -0.15) is 0 Å². The van der Waals surface area contributed by atoms with Crippen molar-refractivity contribution in [2.24, 2.45) is 0 Å². The average molecular weight is 486 g/mol. The Morgan fingerprint density at radius 3 is 2.71 bits per heavy atom. The zero-order valence-corrected chi connectivity index (χ0v) is 19.4. The summed E-state index contributed by atoms with van der Waals surface area (Å²) < 4.78 is 0.925. The number of benzene rings is 1. The fourth-order valence-electron chi connectivity index (χ4n) is 3.74. The minimum Gasteiger partial charge on any atom is -0.379 e. The normalized spacial score (nSPS) is 15.3. The van der Waals surface area contributed by atoms with Crippen molar-refractivity contribution in [2.75, 3.05) is 44.4 Å². The average Bonchev–Trinajstić information content (AvgIpc) is 3.21. The summed E-state index contributed by atoms with van der Waals surface area (Å²) in [6, 6.07) is 8.10. The number of hydrogen-bond donors (Lipinski definition) is 4. The van der Waals surface area contributed by atoms with Gasteiger partial charge in [-0.25, -0.2) is 9.97 Å². The highest BCUT2D eigenvalue weighted by atomic mass is 79.9. The summed E-state index contributed by atoms with van der Waals surface area (Å²) in [6.45, 7) is 2.84. The summed E-state index contributed by atoms with van der Waals surface area (Å²) in [5.74, 6) is 0.740. The minimum absolute atomic E-state index is 0.00971. The predicted molar refractivity (Wildman–Crippen MR) is 128 cm³/mol. The Balaban J connectivity index is 1.53. The topological polar surface area (TPSA) is 98.0 Å². The molecule has 4 rings (SSSR count). The van der Waals surface area contributed by atoms with Crippen LogP contribution in [0.3, 0.4) is 0 Å². The third-order valence-electron chi connectivity index (χ3n) is 5.58. The molecule has 9 heteroatoms. The Labute approximate surface area is 190 Å². The molecule has 164 valence electrons. The lowest BCUT2D eigenvalue weighted by Crippen LogP contribution is -2.36. The minimum atomic E-state index is -0.00971. The van der Waals surface area contributed by atoms with Crippen molar-refractivity contribution in [3.63, 3.8) is 0 Å². The van der Waals surface area contributed by atoms with Crippen LogP contribution in [0.5, 0.6) is 0 Å².